The molecule has 1 saturated heterocycles. The molecule has 2 aromatic heterocycles. The number of pyridine rings is 1. The minimum absolute atomic E-state index is 0.0446. The molecule has 7 heteroatoms. The Kier molecular flexibility index (Phi) is 6.95. The van der Waals surface area contributed by atoms with Gasteiger partial charge in [0.05, 0.1) is 18.9 Å². The predicted octanol–water partition coefficient (Wildman–Crippen LogP) is 4.74. The van der Waals surface area contributed by atoms with Gasteiger partial charge in [0.25, 0.3) is 5.91 Å². The van der Waals surface area contributed by atoms with Crippen LogP contribution >= 0.6 is 0 Å². The van der Waals surface area contributed by atoms with Gasteiger partial charge in [0.2, 0.25) is 0 Å². The van der Waals surface area contributed by atoms with Crippen LogP contribution in [0.4, 0.5) is 0 Å². The molecule has 180 valence electrons. The summed E-state index contributed by atoms with van der Waals surface area (Å²) in [5.74, 6) is 1.33. The van der Waals surface area contributed by atoms with Crippen LogP contribution in [-0.2, 0) is 17.9 Å². The lowest BCUT2D eigenvalue weighted by atomic mass is 10.1. The van der Waals surface area contributed by atoms with Gasteiger partial charge in [-0.25, -0.2) is 4.98 Å². The summed E-state index contributed by atoms with van der Waals surface area (Å²) >= 11 is 0. The van der Waals surface area contributed by atoms with Crippen molar-refractivity contribution in [3.8, 4) is 11.5 Å². The molecule has 2 aromatic carbocycles. The number of benzene rings is 2. The SMILES string of the molecule is COc1ccccc1CN(CC1CCCO1)C(=O)c1cccc(OCc2cn3ccccc3n2)c1. The standard InChI is InChI=1S/C28H29N3O4/c1-33-26-12-3-2-8-22(26)17-31(19-25-11-7-15-34-25)28(32)21-9-6-10-24(16-21)35-20-23-18-30-14-5-4-13-27(30)29-23/h2-6,8-10,12-14,16,18,25H,7,11,15,17,19-20H2,1H3. The number of rotatable bonds is 9. The van der Waals surface area contributed by atoms with E-state index >= 15 is 0 Å². The molecule has 0 bridgehead atoms. The second-order valence-corrected chi connectivity index (χ2v) is 8.65. The van der Waals surface area contributed by atoms with E-state index in [1.807, 2.05) is 82.4 Å². The van der Waals surface area contributed by atoms with Gasteiger partial charge < -0.3 is 23.5 Å². The quantitative estimate of drug-likeness (QED) is 0.353. The third-order valence-electron chi connectivity index (χ3n) is 6.17. The average Bonchev–Trinajstić information content (AvgIpc) is 3.56. The van der Waals surface area contributed by atoms with Crippen molar-refractivity contribution in [3.63, 3.8) is 0 Å². The van der Waals surface area contributed by atoms with E-state index in [4.69, 9.17) is 14.2 Å². The lowest BCUT2D eigenvalue weighted by molar-refractivity contribution is 0.0505. The molecule has 7 nitrogen and oxygen atoms in total. The molecule has 5 rings (SSSR count). The monoisotopic (exact) mass is 471 g/mol. The highest BCUT2D eigenvalue weighted by Gasteiger charge is 2.25. The molecule has 4 aromatic rings. The second-order valence-electron chi connectivity index (χ2n) is 8.65. The van der Waals surface area contributed by atoms with Crippen molar-refractivity contribution in [2.24, 2.45) is 0 Å². The van der Waals surface area contributed by atoms with Gasteiger partial charge in [0.1, 0.15) is 23.8 Å². The Morgan fingerprint density at radius 1 is 1.14 bits per heavy atom. The maximum Gasteiger partial charge on any atom is 0.254 e. The molecule has 1 aliphatic heterocycles. The highest BCUT2D eigenvalue weighted by atomic mass is 16.5. The molecule has 1 aliphatic rings. The van der Waals surface area contributed by atoms with Gasteiger partial charge >= 0.3 is 0 Å². The Labute approximate surface area is 204 Å². The first kappa shape index (κ1) is 22.9. The molecular weight excluding hydrogens is 442 g/mol. The Morgan fingerprint density at radius 2 is 2.03 bits per heavy atom. The molecule has 1 unspecified atom stereocenters. The van der Waals surface area contributed by atoms with Crippen molar-refractivity contribution in [1.29, 1.82) is 0 Å². The zero-order valence-corrected chi connectivity index (χ0v) is 19.8. The van der Waals surface area contributed by atoms with E-state index in [-0.39, 0.29) is 12.0 Å². The second kappa shape index (κ2) is 10.6. The number of fused-ring (bicyclic) bond motifs is 1. The number of nitrogens with zero attached hydrogens (tertiary/aromatic N) is 3. The smallest absolute Gasteiger partial charge is 0.254 e. The third-order valence-corrected chi connectivity index (χ3v) is 6.17. The number of methoxy groups -OCH3 is 1. The Balaban J connectivity index is 1.32. The topological polar surface area (TPSA) is 65.3 Å². The zero-order chi connectivity index (χ0) is 24.0. The molecule has 1 amide bonds. The summed E-state index contributed by atoms with van der Waals surface area (Å²) in [6.45, 7) is 2.03. The van der Waals surface area contributed by atoms with Crippen LogP contribution in [0.2, 0.25) is 0 Å². The number of hydrogen-bond donors (Lipinski definition) is 0. The van der Waals surface area contributed by atoms with E-state index in [0.29, 0.717) is 31.0 Å². The summed E-state index contributed by atoms with van der Waals surface area (Å²) in [4.78, 5) is 20.1. The summed E-state index contributed by atoms with van der Waals surface area (Å²) in [5, 5.41) is 0. The van der Waals surface area contributed by atoms with Gasteiger partial charge in [0, 0.05) is 43.2 Å². The van der Waals surface area contributed by atoms with Gasteiger partial charge in [0.15, 0.2) is 0 Å². The first-order chi connectivity index (χ1) is 17.2. The molecule has 35 heavy (non-hydrogen) atoms. The number of hydrogen-bond acceptors (Lipinski definition) is 5. The highest BCUT2D eigenvalue weighted by molar-refractivity contribution is 5.94. The molecule has 0 aliphatic carbocycles. The zero-order valence-electron chi connectivity index (χ0n) is 19.8. The fourth-order valence-corrected chi connectivity index (χ4v) is 4.41. The molecule has 0 N–H and O–H groups in total. The summed E-state index contributed by atoms with van der Waals surface area (Å²) < 4.78 is 19.3. The molecule has 3 heterocycles. The molecule has 0 radical (unpaired) electrons. The summed E-state index contributed by atoms with van der Waals surface area (Å²) in [7, 11) is 1.65. The Bertz CT molecular complexity index is 1260. The van der Waals surface area contributed by atoms with Gasteiger partial charge in [-0.3, -0.25) is 4.79 Å². The van der Waals surface area contributed by atoms with Crippen molar-refractivity contribution >= 4 is 11.6 Å². The molecule has 0 spiro atoms. The maximum atomic E-state index is 13.6. The van der Waals surface area contributed by atoms with Crippen LogP contribution < -0.4 is 9.47 Å². The summed E-state index contributed by atoms with van der Waals surface area (Å²) in [6.07, 6.45) is 5.92. The molecule has 0 saturated carbocycles. The number of imidazole rings is 1. The van der Waals surface area contributed by atoms with Crippen molar-refractivity contribution in [2.45, 2.75) is 32.1 Å². The normalized spacial score (nSPS) is 15.3. The van der Waals surface area contributed by atoms with E-state index in [1.165, 1.54) is 0 Å². The van der Waals surface area contributed by atoms with Crippen LogP contribution in [0.25, 0.3) is 5.65 Å². The van der Waals surface area contributed by atoms with Crippen LogP contribution in [0.15, 0.2) is 79.1 Å². The Hall–Kier alpha value is -3.84. The van der Waals surface area contributed by atoms with Crippen molar-refractivity contribution in [1.82, 2.24) is 14.3 Å². The molecule has 1 fully saturated rings. The van der Waals surface area contributed by atoms with Crippen molar-refractivity contribution in [2.75, 3.05) is 20.3 Å². The van der Waals surface area contributed by atoms with Gasteiger partial charge in [-0.1, -0.05) is 30.3 Å². The van der Waals surface area contributed by atoms with Gasteiger partial charge in [-0.15, -0.1) is 0 Å². The third kappa shape index (κ3) is 5.46. The maximum absolute atomic E-state index is 13.6. The van der Waals surface area contributed by atoms with Crippen LogP contribution in [0.3, 0.4) is 0 Å². The lowest BCUT2D eigenvalue weighted by Crippen LogP contribution is -2.37. The number of carbonyl (C=O) groups is 1. The largest absolute Gasteiger partial charge is 0.496 e. The van der Waals surface area contributed by atoms with E-state index in [0.717, 1.165) is 42.1 Å². The predicted molar refractivity (Wildman–Crippen MR) is 133 cm³/mol. The lowest BCUT2D eigenvalue weighted by Gasteiger charge is -2.26. The van der Waals surface area contributed by atoms with Crippen LogP contribution in [0, 0.1) is 0 Å². The van der Waals surface area contributed by atoms with Crippen LogP contribution in [-0.4, -0.2) is 46.6 Å². The first-order valence-electron chi connectivity index (χ1n) is 11.9. The fraction of sp³-hybridized carbons (Fsp3) is 0.286. The van der Waals surface area contributed by atoms with Crippen molar-refractivity contribution < 1.29 is 19.0 Å². The minimum atomic E-state index is -0.0652. The molecular formula is C28H29N3O4. The Morgan fingerprint density at radius 3 is 2.86 bits per heavy atom. The summed E-state index contributed by atoms with van der Waals surface area (Å²) in [6, 6.07) is 21.0. The van der Waals surface area contributed by atoms with Gasteiger partial charge in [-0.05, 0) is 49.2 Å². The number of carbonyl (C=O) groups excluding carboxylic acids is 1. The highest BCUT2D eigenvalue weighted by Crippen LogP contribution is 2.24. The van der Waals surface area contributed by atoms with E-state index < -0.39 is 0 Å². The number of aromatic nitrogens is 2. The van der Waals surface area contributed by atoms with Gasteiger partial charge in [-0.2, -0.15) is 0 Å². The van der Waals surface area contributed by atoms with Crippen LogP contribution in [0.5, 0.6) is 11.5 Å². The number of para-hydroxylation sites is 1. The number of ether oxygens (including phenoxy) is 3. The molecule has 1 atom stereocenters. The van der Waals surface area contributed by atoms with E-state index in [9.17, 15) is 4.79 Å². The first-order valence-corrected chi connectivity index (χ1v) is 11.9. The van der Waals surface area contributed by atoms with E-state index in [2.05, 4.69) is 4.98 Å². The van der Waals surface area contributed by atoms with E-state index in [1.54, 1.807) is 13.2 Å². The van der Waals surface area contributed by atoms with Crippen molar-refractivity contribution in [3.05, 3.63) is 95.9 Å². The fourth-order valence-electron chi connectivity index (χ4n) is 4.41. The average molecular weight is 472 g/mol. The minimum Gasteiger partial charge on any atom is -0.496 e. The summed E-state index contributed by atoms with van der Waals surface area (Å²) in [5.41, 5.74) is 3.23. The number of amides is 1. The van der Waals surface area contributed by atoms with Crippen LogP contribution in [0.1, 0.15) is 34.5 Å².